The van der Waals surface area contributed by atoms with Gasteiger partial charge in [0.15, 0.2) is 0 Å². The van der Waals surface area contributed by atoms with Gasteiger partial charge in [0.25, 0.3) is 0 Å². The van der Waals surface area contributed by atoms with Crippen LogP contribution in [0.3, 0.4) is 0 Å². The molecule has 0 radical (unpaired) electrons. The van der Waals surface area contributed by atoms with E-state index >= 15 is 0 Å². The zero-order chi connectivity index (χ0) is 25.2. The number of carbonyl (C=O) groups is 5. The lowest BCUT2D eigenvalue weighted by Crippen LogP contribution is -2.43. The van der Waals surface area contributed by atoms with Crippen LogP contribution in [-0.2, 0) is 47.7 Å². The zero-order valence-electron chi connectivity index (χ0n) is 18.3. The molecule has 0 spiro atoms. The first-order chi connectivity index (χ1) is 15.0. The van der Waals surface area contributed by atoms with Crippen molar-refractivity contribution in [2.45, 2.75) is 6.92 Å². The third-order valence-electron chi connectivity index (χ3n) is 3.28. The lowest BCUT2D eigenvalue weighted by molar-refractivity contribution is -0.164. The van der Waals surface area contributed by atoms with Gasteiger partial charge in [-0.15, -0.1) is 0 Å². The van der Waals surface area contributed by atoms with Gasteiger partial charge in [-0.2, -0.15) is 0 Å². The first kappa shape index (κ1) is 30.2. The third-order valence-corrected chi connectivity index (χ3v) is 3.28. The minimum Gasteiger partial charge on any atom is -0.466 e. The van der Waals surface area contributed by atoms with Crippen molar-refractivity contribution in [2.24, 2.45) is 5.41 Å². The van der Waals surface area contributed by atoms with Crippen molar-refractivity contribution in [1.29, 1.82) is 0 Å². The smallest absolute Gasteiger partial charge is 0.332 e. The van der Waals surface area contributed by atoms with Gasteiger partial charge in [0.1, 0.15) is 31.8 Å². The third kappa shape index (κ3) is 14.1. The molecular formula is C22H28O10. The predicted octanol–water partition coefficient (Wildman–Crippen LogP) is 1.63. The normalized spacial score (nSPS) is 9.44. The van der Waals surface area contributed by atoms with E-state index in [1.54, 1.807) is 6.92 Å². The summed E-state index contributed by atoms with van der Waals surface area (Å²) < 4.78 is 24.1. The Bertz CT molecular complexity index is 646. The van der Waals surface area contributed by atoms with E-state index in [4.69, 9.17) is 18.9 Å². The van der Waals surface area contributed by atoms with E-state index in [0.717, 1.165) is 24.3 Å². The van der Waals surface area contributed by atoms with E-state index in [2.05, 4.69) is 37.6 Å². The van der Waals surface area contributed by atoms with Crippen molar-refractivity contribution in [3.8, 4) is 0 Å². The molecule has 0 saturated heterocycles. The average Bonchev–Trinajstić information content (AvgIpc) is 2.81. The van der Waals surface area contributed by atoms with Crippen LogP contribution in [0.4, 0.5) is 0 Å². The molecule has 0 N–H and O–H groups in total. The van der Waals surface area contributed by atoms with Crippen LogP contribution in [0.1, 0.15) is 6.92 Å². The minimum atomic E-state index is -1.34. The van der Waals surface area contributed by atoms with Crippen LogP contribution in [0.2, 0.25) is 0 Å². The van der Waals surface area contributed by atoms with Crippen LogP contribution in [0, 0.1) is 5.41 Å². The fraction of sp³-hybridized carbons (Fsp3) is 0.318. The summed E-state index contributed by atoms with van der Waals surface area (Å²) in [5.74, 6) is -3.39. The SMILES string of the molecule is C=C(C)C(=O)OC.C=CC(=O)OCC(COC(=O)C=C)(COC(=O)C=C)COC(=O)C=C. The Morgan fingerprint density at radius 3 is 1.03 bits per heavy atom. The number of esters is 5. The van der Waals surface area contributed by atoms with Crippen LogP contribution in [0.25, 0.3) is 0 Å². The maximum absolute atomic E-state index is 11.3. The van der Waals surface area contributed by atoms with Crippen molar-refractivity contribution in [3.63, 3.8) is 0 Å². The molecule has 0 aliphatic rings. The van der Waals surface area contributed by atoms with E-state index in [9.17, 15) is 24.0 Å². The molecule has 0 fully saturated rings. The van der Waals surface area contributed by atoms with E-state index in [0.29, 0.717) is 5.57 Å². The average molecular weight is 452 g/mol. The van der Waals surface area contributed by atoms with Crippen LogP contribution < -0.4 is 0 Å². The predicted molar refractivity (Wildman–Crippen MR) is 114 cm³/mol. The summed E-state index contributed by atoms with van der Waals surface area (Å²) >= 11 is 0. The van der Waals surface area contributed by atoms with Gasteiger partial charge in [-0.1, -0.05) is 32.9 Å². The number of methoxy groups -OCH3 is 1. The molecular weight excluding hydrogens is 424 g/mol. The van der Waals surface area contributed by atoms with Gasteiger partial charge < -0.3 is 23.7 Å². The van der Waals surface area contributed by atoms with Gasteiger partial charge in [-0.3, -0.25) is 0 Å². The highest BCUT2D eigenvalue weighted by atomic mass is 16.6. The highest BCUT2D eigenvalue weighted by Crippen LogP contribution is 2.21. The van der Waals surface area contributed by atoms with Crippen molar-refractivity contribution >= 4 is 29.8 Å². The van der Waals surface area contributed by atoms with Gasteiger partial charge in [-0.05, 0) is 6.92 Å². The molecule has 0 aliphatic heterocycles. The summed E-state index contributed by atoms with van der Waals surface area (Å²) in [5.41, 5.74) is -0.906. The molecule has 0 aromatic rings. The lowest BCUT2D eigenvalue weighted by atomic mass is 9.92. The first-order valence-corrected chi connectivity index (χ1v) is 8.91. The van der Waals surface area contributed by atoms with Gasteiger partial charge in [-0.25, -0.2) is 24.0 Å². The van der Waals surface area contributed by atoms with Crippen LogP contribution in [-0.4, -0.2) is 63.4 Å². The Balaban J connectivity index is 0. The molecule has 0 bridgehead atoms. The maximum Gasteiger partial charge on any atom is 0.332 e. The summed E-state index contributed by atoms with van der Waals surface area (Å²) in [7, 11) is 1.33. The largest absolute Gasteiger partial charge is 0.466 e. The van der Waals surface area contributed by atoms with E-state index in [1.165, 1.54) is 7.11 Å². The fourth-order valence-electron chi connectivity index (χ4n) is 1.56. The molecule has 0 heterocycles. The second kappa shape index (κ2) is 16.8. The minimum absolute atomic E-state index is 0.347. The summed E-state index contributed by atoms with van der Waals surface area (Å²) in [5, 5.41) is 0. The monoisotopic (exact) mass is 452 g/mol. The second-order valence-electron chi connectivity index (χ2n) is 6.02. The molecule has 0 aliphatic carbocycles. The highest BCUT2D eigenvalue weighted by Gasteiger charge is 2.37. The molecule has 0 rings (SSSR count). The Morgan fingerprint density at radius 2 is 0.906 bits per heavy atom. The number of hydrogen-bond donors (Lipinski definition) is 0. The van der Waals surface area contributed by atoms with Crippen molar-refractivity contribution < 1.29 is 47.7 Å². The Labute approximate surface area is 186 Å². The Morgan fingerprint density at radius 1 is 0.656 bits per heavy atom. The maximum atomic E-state index is 11.3. The molecule has 0 atom stereocenters. The highest BCUT2D eigenvalue weighted by molar-refractivity contribution is 5.86. The molecule has 176 valence electrons. The number of carbonyl (C=O) groups excluding carboxylic acids is 5. The van der Waals surface area contributed by atoms with E-state index in [-0.39, 0.29) is 32.4 Å². The van der Waals surface area contributed by atoms with Gasteiger partial charge in [0, 0.05) is 29.9 Å². The van der Waals surface area contributed by atoms with Crippen molar-refractivity contribution in [1.82, 2.24) is 0 Å². The summed E-state index contributed by atoms with van der Waals surface area (Å²) in [4.78, 5) is 55.5. The number of ether oxygens (including phenoxy) is 5. The van der Waals surface area contributed by atoms with Crippen LogP contribution >= 0.6 is 0 Å². The lowest BCUT2D eigenvalue weighted by Gasteiger charge is -2.31. The van der Waals surface area contributed by atoms with Gasteiger partial charge in [0.2, 0.25) is 0 Å². The van der Waals surface area contributed by atoms with Crippen LogP contribution in [0.5, 0.6) is 0 Å². The molecule has 10 heteroatoms. The quantitative estimate of drug-likeness (QED) is 0.231. The van der Waals surface area contributed by atoms with Crippen molar-refractivity contribution in [3.05, 3.63) is 62.8 Å². The molecule has 0 aromatic carbocycles. The number of hydrogen-bond acceptors (Lipinski definition) is 10. The number of rotatable bonds is 13. The van der Waals surface area contributed by atoms with Gasteiger partial charge in [0.05, 0.1) is 7.11 Å². The van der Waals surface area contributed by atoms with Crippen molar-refractivity contribution in [2.75, 3.05) is 33.5 Å². The second-order valence-corrected chi connectivity index (χ2v) is 6.02. The molecule has 0 saturated carbocycles. The summed E-state index contributed by atoms with van der Waals surface area (Å²) in [6.45, 7) is 16.5. The molecule has 32 heavy (non-hydrogen) atoms. The topological polar surface area (TPSA) is 132 Å². The first-order valence-electron chi connectivity index (χ1n) is 8.91. The Hall–Kier alpha value is -3.95. The molecule has 10 nitrogen and oxygen atoms in total. The summed E-state index contributed by atoms with van der Waals surface area (Å²) in [6.07, 6.45) is 3.69. The van der Waals surface area contributed by atoms with Gasteiger partial charge >= 0.3 is 29.8 Å². The summed E-state index contributed by atoms with van der Waals surface area (Å²) in [6, 6.07) is 0. The fourth-order valence-corrected chi connectivity index (χ4v) is 1.56. The molecule has 0 unspecified atom stereocenters. The molecule has 0 amide bonds. The zero-order valence-corrected chi connectivity index (χ0v) is 18.3. The molecule has 0 aromatic heterocycles. The van der Waals surface area contributed by atoms with E-state index < -0.39 is 29.3 Å². The van der Waals surface area contributed by atoms with E-state index in [1.807, 2.05) is 0 Å². The van der Waals surface area contributed by atoms with Crippen LogP contribution in [0.15, 0.2) is 62.8 Å². The Kier molecular flexibility index (Phi) is 15.9. The standard InChI is InChI=1S/C17H20O8.C5H8O2/c1-5-13(18)22-9-17(10-23-14(19)6-2,11-24-15(20)7-3)12-25-16(21)8-4;1-4(2)5(6)7-3/h5-8H,1-4,9-12H2;1H2,2-3H3.